The lowest BCUT2D eigenvalue weighted by Gasteiger charge is -2.29. The second-order valence-electron chi connectivity index (χ2n) is 5.60. The van der Waals surface area contributed by atoms with E-state index in [9.17, 15) is 0 Å². The summed E-state index contributed by atoms with van der Waals surface area (Å²) in [6.07, 6.45) is 2.22. The minimum absolute atomic E-state index is 0.271. The first kappa shape index (κ1) is 16.2. The maximum absolute atomic E-state index is 5.07. The Hall–Kier alpha value is -0.870. The van der Waals surface area contributed by atoms with Gasteiger partial charge in [-0.1, -0.05) is 13.8 Å². The van der Waals surface area contributed by atoms with Crippen LogP contribution < -0.4 is 5.32 Å². The van der Waals surface area contributed by atoms with Crippen molar-refractivity contribution < 1.29 is 4.74 Å². The van der Waals surface area contributed by atoms with Crippen LogP contribution >= 0.6 is 0 Å². The molecule has 1 aromatic heterocycles. The Bertz CT molecular complexity index is 375. The third-order valence-corrected chi connectivity index (χ3v) is 3.78. The summed E-state index contributed by atoms with van der Waals surface area (Å²) in [6.45, 7) is 12.5. The smallest absolute Gasteiger partial charge is 0.0596 e. The van der Waals surface area contributed by atoms with E-state index in [4.69, 9.17) is 4.74 Å². The maximum Gasteiger partial charge on any atom is 0.0596 e. The van der Waals surface area contributed by atoms with Crippen LogP contribution in [-0.4, -0.2) is 36.6 Å². The number of nitrogens with one attached hydrogen (secondary N) is 1. The zero-order chi connectivity index (χ0) is 14.3. The van der Waals surface area contributed by atoms with Crippen molar-refractivity contribution in [1.82, 2.24) is 15.1 Å². The number of rotatable bonds is 9. The average Bonchev–Trinajstić information content (AvgIpc) is 2.74. The van der Waals surface area contributed by atoms with E-state index < -0.39 is 0 Å². The van der Waals surface area contributed by atoms with Gasteiger partial charge in [-0.15, -0.1) is 0 Å². The summed E-state index contributed by atoms with van der Waals surface area (Å²) in [5, 5.41) is 8.02. The lowest BCUT2D eigenvalue weighted by molar-refractivity contribution is 0.190. The van der Waals surface area contributed by atoms with Gasteiger partial charge in [0.1, 0.15) is 0 Å². The molecule has 0 spiro atoms. The highest BCUT2D eigenvalue weighted by Gasteiger charge is 2.24. The van der Waals surface area contributed by atoms with E-state index in [1.54, 1.807) is 7.11 Å². The highest BCUT2D eigenvalue weighted by atomic mass is 16.5. The van der Waals surface area contributed by atoms with Crippen LogP contribution in [-0.2, 0) is 17.7 Å². The lowest BCUT2D eigenvalue weighted by atomic mass is 9.82. The van der Waals surface area contributed by atoms with Gasteiger partial charge in [-0.2, -0.15) is 5.10 Å². The molecule has 0 aliphatic heterocycles. The van der Waals surface area contributed by atoms with Crippen molar-refractivity contribution >= 4 is 0 Å². The highest BCUT2D eigenvalue weighted by Crippen LogP contribution is 2.26. The van der Waals surface area contributed by atoms with Gasteiger partial charge in [0.25, 0.3) is 0 Å². The number of hydrogen-bond acceptors (Lipinski definition) is 3. The molecule has 0 fully saturated rings. The van der Waals surface area contributed by atoms with Gasteiger partial charge in [0.15, 0.2) is 0 Å². The molecule has 0 radical (unpaired) electrons. The van der Waals surface area contributed by atoms with Gasteiger partial charge < -0.3 is 10.1 Å². The minimum Gasteiger partial charge on any atom is -0.383 e. The van der Waals surface area contributed by atoms with E-state index in [1.807, 2.05) is 0 Å². The molecule has 4 heteroatoms. The molecule has 0 aromatic carbocycles. The molecule has 1 rings (SSSR count). The topological polar surface area (TPSA) is 39.1 Å². The van der Waals surface area contributed by atoms with E-state index >= 15 is 0 Å². The molecule has 0 aliphatic carbocycles. The molecule has 110 valence electrons. The molecule has 0 bridgehead atoms. The fourth-order valence-electron chi connectivity index (χ4n) is 2.33. The molecule has 1 aromatic rings. The van der Waals surface area contributed by atoms with Gasteiger partial charge in [-0.3, -0.25) is 4.68 Å². The lowest BCUT2D eigenvalue weighted by Crippen LogP contribution is -2.35. The summed E-state index contributed by atoms with van der Waals surface area (Å²) >= 11 is 0. The maximum atomic E-state index is 5.07. The van der Waals surface area contributed by atoms with Crippen molar-refractivity contribution in [1.29, 1.82) is 0 Å². The Morgan fingerprint density at radius 2 is 2.16 bits per heavy atom. The van der Waals surface area contributed by atoms with Crippen LogP contribution in [0.25, 0.3) is 0 Å². The molecular formula is C15H29N3O. The minimum atomic E-state index is 0.271. The fraction of sp³-hybridized carbons (Fsp3) is 0.800. The van der Waals surface area contributed by atoms with Gasteiger partial charge in [-0.25, -0.2) is 0 Å². The zero-order valence-corrected chi connectivity index (χ0v) is 13.1. The van der Waals surface area contributed by atoms with Crippen LogP contribution in [0.5, 0.6) is 0 Å². The van der Waals surface area contributed by atoms with Crippen molar-refractivity contribution in [2.45, 2.75) is 47.1 Å². The molecule has 0 saturated heterocycles. The first-order chi connectivity index (χ1) is 9.04. The number of hydrogen-bond donors (Lipinski definition) is 1. The molecule has 1 atom stereocenters. The van der Waals surface area contributed by atoms with Gasteiger partial charge >= 0.3 is 0 Å². The summed E-state index contributed by atoms with van der Waals surface area (Å²) in [6, 6.07) is 2.21. The Morgan fingerprint density at radius 3 is 2.74 bits per heavy atom. The van der Waals surface area contributed by atoms with Crippen molar-refractivity contribution in [2.75, 3.05) is 26.8 Å². The molecular weight excluding hydrogens is 238 g/mol. The second kappa shape index (κ2) is 7.65. The van der Waals surface area contributed by atoms with Crippen LogP contribution in [0.3, 0.4) is 0 Å². The van der Waals surface area contributed by atoms with E-state index in [2.05, 4.69) is 48.9 Å². The first-order valence-corrected chi connectivity index (χ1v) is 7.27. The van der Waals surface area contributed by atoms with Crippen molar-refractivity contribution in [3.63, 3.8) is 0 Å². The summed E-state index contributed by atoms with van der Waals surface area (Å²) in [7, 11) is 1.74. The molecule has 1 N–H and O–H groups in total. The molecule has 1 heterocycles. The monoisotopic (exact) mass is 267 g/mol. The predicted octanol–water partition coefficient (Wildman–Crippen LogP) is 2.41. The van der Waals surface area contributed by atoms with Crippen LogP contribution in [0, 0.1) is 12.3 Å². The summed E-state index contributed by atoms with van der Waals surface area (Å²) in [5.41, 5.74) is 2.73. The molecule has 0 saturated carbocycles. The van der Waals surface area contributed by atoms with E-state index in [-0.39, 0.29) is 5.41 Å². The number of aromatic nitrogens is 2. The molecule has 4 nitrogen and oxygen atoms in total. The summed E-state index contributed by atoms with van der Waals surface area (Å²) < 4.78 is 7.20. The van der Waals surface area contributed by atoms with E-state index in [0.29, 0.717) is 0 Å². The Balaban J connectivity index is 2.63. The van der Waals surface area contributed by atoms with Gasteiger partial charge in [0, 0.05) is 32.4 Å². The van der Waals surface area contributed by atoms with E-state index in [0.717, 1.165) is 44.8 Å². The number of nitrogens with zero attached hydrogens (tertiary/aromatic N) is 2. The molecule has 1 unspecified atom stereocenters. The zero-order valence-electron chi connectivity index (χ0n) is 13.1. The Labute approximate surface area is 117 Å². The predicted molar refractivity (Wildman–Crippen MR) is 79.5 cm³/mol. The average molecular weight is 267 g/mol. The van der Waals surface area contributed by atoms with Crippen molar-refractivity contribution in [2.24, 2.45) is 5.41 Å². The normalized spacial score (nSPS) is 14.6. The largest absolute Gasteiger partial charge is 0.383 e. The van der Waals surface area contributed by atoms with Crippen molar-refractivity contribution in [3.8, 4) is 0 Å². The second-order valence-corrected chi connectivity index (χ2v) is 5.60. The fourth-order valence-corrected chi connectivity index (χ4v) is 2.33. The Kier molecular flexibility index (Phi) is 6.52. The SMILES string of the molecule is CCn1nc(C)cc1CC(C)(CC)CNCCOC. The number of methoxy groups -OCH3 is 1. The summed E-state index contributed by atoms with van der Waals surface area (Å²) in [4.78, 5) is 0. The third kappa shape index (κ3) is 4.96. The van der Waals surface area contributed by atoms with Gasteiger partial charge in [0.2, 0.25) is 0 Å². The first-order valence-electron chi connectivity index (χ1n) is 7.27. The molecule has 0 amide bonds. The summed E-state index contributed by atoms with van der Waals surface area (Å²) in [5.74, 6) is 0. The van der Waals surface area contributed by atoms with Gasteiger partial charge in [-0.05, 0) is 38.2 Å². The Morgan fingerprint density at radius 1 is 1.42 bits per heavy atom. The van der Waals surface area contributed by atoms with Crippen molar-refractivity contribution in [3.05, 3.63) is 17.5 Å². The number of aryl methyl sites for hydroxylation is 2. The van der Waals surface area contributed by atoms with Crippen LogP contribution in [0.15, 0.2) is 6.07 Å². The van der Waals surface area contributed by atoms with Crippen LogP contribution in [0.2, 0.25) is 0 Å². The van der Waals surface area contributed by atoms with E-state index in [1.165, 1.54) is 5.69 Å². The highest BCUT2D eigenvalue weighted by molar-refractivity contribution is 5.11. The molecule has 0 aliphatic rings. The standard InChI is InChI=1S/C15H29N3O/c1-6-15(4,12-16-8-9-19-5)11-14-10-13(3)17-18(14)7-2/h10,16H,6-9,11-12H2,1-5H3. The molecule has 19 heavy (non-hydrogen) atoms. The van der Waals surface area contributed by atoms with Crippen LogP contribution in [0.4, 0.5) is 0 Å². The number of ether oxygens (including phenoxy) is 1. The quantitative estimate of drug-likeness (QED) is 0.698. The van der Waals surface area contributed by atoms with Gasteiger partial charge in [0.05, 0.1) is 12.3 Å². The third-order valence-electron chi connectivity index (χ3n) is 3.78. The van der Waals surface area contributed by atoms with Crippen LogP contribution in [0.1, 0.15) is 38.6 Å².